The molecule has 0 unspecified atom stereocenters. The molecule has 4 nitrogen and oxygen atoms in total. The van der Waals surface area contributed by atoms with Crippen LogP contribution in [0.4, 0.5) is 13.2 Å². The minimum absolute atomic E-state index is 0. The molecule has 1 amide bonds. The van der Waals surface area contributed by atoms with Gasteiger partial charge in [0.25, 0.3) is 0 Å². The first-order valence-corrected chi connectivity index (χ1v) is 6.78. The highest BCUT2D eigenvalue weighted by atomic mass is 35.5. The summed E-state index contributed by atoms with van der Waals surface area (Å²) in [6, 6.07) is 5.79. The number of halogens is 4. The average molecular weight is 339 g/mol. The van der Waals surface area contributed by atoms with E-state index in [1.165, 1.54) is 18.2 Å². The number of carbonyl (C=O) groups excluding carboxylic acids is 1. The fraction of sp³-hybridized carbons (Fsp3) is 0.500. The van der Waals surface area contributed by atoms with E-state index in [1.807, 2.05) is 0 Å². The number of nitrogens with one attached hydrogen (secondary N) is 2. The number of amides is 1. The Morgan fingerprint density at radius 1 is 1.36 bits per heavy atom. The molecule has 124 valence electrons. The molecule has 1 aliphatic heterocycles. The Labute approximate surface area is 132 Å². The van der Waals surface area contributed by atoms with E-state index in [2.05, 4.69) is 15.4 Å². The maximum absolute atomic E-state index is 12.3. The van der Waals surface area contributed by atoms with Gasteiger partial charge in [0.1, 0.15) is 5.75 Å². The molecule has 1 saturated heterocycles. The smallest absolute Gasteiger partial charge is 0.405 e. The number of hydrogen-bond acceptors (Lipinski definition) is 3. The Hall–Kier alpha value is -1.47. The van der Waals surface area contributed by atoms with Crippen molar-refractivity contribution in [3.63, 3.8) is 0 Å². The van der Waals surface area contributed by atoms with E-state index in [0.717, 1.165) is 19.4 Å². The van der Waals surface area contributed by atoms with Gasteiger partial charge in [0.05, 0.1) is 5.92 Å². The molecule has 1 fully saturated rings. The lowest BCUT2D eigenvalue weighted by atomic mass is 9.99. The largest absolute Gasteiger partial charge is 0.573 e. The number of para-hydroxylation sites is 1. The van der Waals surface area contributed by atoms with E-state index in [4.69, 9.17) is 0 Å². The van der Waals surface area contributed by atoms with Crippen LogP contribution in [0.25, 0.3) is 0 Å². The standard InChI is InChI=1S/C14H17F3N2O2.ClH/c15-14(16,17)21-12-6-2-1-4-10(12)9-19-13(20)11-5-3-7-18-8-11;/h1-2,4,6,11,18H,3,5,7-9H2,(H,19,20);1H/t11-;/m1./s1. The van der Waals surface area contributed by atoms with Crippen molar-refractivity contribution in [2.75, 3.05) is 13.1 Å². The van der Waals surface area contributed by atoms with Crippen molar-refractivity contribution in [1.82, 2.24) is 10.6 Å². The van der Waals surface area contributed by atoms with Crippen LogP contribution in [0, 0.1) is 5.92 Å². The summed E-state index contributed by atoms with van der Waals surface area (Å²) in [6.07, 6.45) is -3.03. The third-order valence-electron chi connectivity index (χ3n) is 3.32. The van der Waals surface area contributed by atoms with Gasteiger partial charge >= 0.3 is 6.36 Å². The molecule has 0 aliphatic carbocycles. The molecule has 2 N–H and O–H groups in total. The summed E-state index contributed by atoms with van der Waals surface area (Å²) in [7, 11) is 0. The Kier molecular flexibility index (Phi) is 6.96. The lowest BCUT2D eigenvalue weighted by Crippen LogP contribution is -2.40. The second kappa shape index (κ2) is 8.24. The van der Waals surface area contributed by atoms with Crippen molar-refractivity contribution in [3.8, 4) is 5.75 Å². The maximum atomic E-state index is 12.3. The first-order valence-electron chi connectivity index (χ1n) is 6.78. The van der Waals surface area contributed by atoms with E-state index in [-0.39, 0.29) is 36.5 Å². The van der Waals surface area contributed by atoms with E-state index >= 15 is 0 Å². The highest BCUT2D eigenvalue weighted by molar-refractivity contribution is 5.85. The van der Waals surface area contributed by atoms with Crippen molar-refractivity contribution in [1.29, 1.82) is 0 Å². The number of piperidine rings is 1. The topological polar surface area (TPSA) is 50.4 Å². The highest BCUT2D eigenvalue weighted by Gasteiger charge is 2.32. The van der Waals surface area contributed by atoms with Gasteiger partial charge in [-0.1, -0.05) is 18.2 Å². The van der Waals surface area contributed by atoms with Crippen molar-refractivity contribution in [2.45, 2.75) is 25.7 Å². The third kappa shape index (κ3) is 5.73. The molecule has 8 heteroatoms. The molecular formula is C14H18ClF3N2O2. The predicted molar refractivity (Wildman–Crippen MR) is 77.8 cm³/mol. The maximum Gasteiger partial charge on any atom is 0.573 e. The monoisotopic (exact) mass is 338 g/mol. The van der Waals surface area contributed by atoms with Gasteiger partial charge < -0.3 is 15.4 Å². The fourth-order valence-electron chi connectivity index (χ4n) is 2.28. The van der Waals surface area contributed by atoms with Crippen molar-refractivity contribution >= 4 is 18.3 Å². The number of carbonyl (C=O) groups is 1. The summed E-state index contributed by atoms with van der Waals surface area (Å²) >= 11 is 0. The molecule has 0 radical (unpaired) electrons. The van der Waals surface area contributed by atoms with Crippen LogP contribution in [0.3, 0.4) is 0 Å². The summed E-state index contributed by atoms with van der Waals surface area (Å²) in [5.74, 6) is -0.564. The van der Waals surface area contributed by atoms with Crippen LogP contribution in [-0.4, -0.2) is 25.4 Å². The molecule has 1 aliphatic rings. The summed E-state index contributed by atoms with van der Waals surface area (Å²) in [5.41, 5.74) is 0.298. The Morgan fingerprint density at radius 3 is 2.73 bits per heavy atom. The van der Waals surface area contributed by atoms with E-state index < -0.39 is 6.36 Å². The van der Waals surface area contributed by atoms with Crippen LogP contribution in [-0.2, 0) is 11.3 Å². The SMILES string of the molecule is Cl.O=C(NCc1ccccc1OC(F)(F)F)[C@@H]1CCCNC1. The molecule has 1 aromatic carbocycles. The first-order chi connectivity index (χ1) is 9.96. The molecule has 0 saturated carbocycles. The summed E-state index contributed by atoms with van der Waals surface area (Å²) in [4.78, 5) is 12.0. The van der Waals surface area contributed by atoms with Crippen LogP contribution in [0.1, 0.15) is 18.4 Å². The molecular weight excluding hydrogens is 321 g/mol. The van der Waals surface area contributed by atoms with Crippen LogP contribution < -0.4 is 15.4 Å². The van der Waals surface area contributed by atoms with Gasteiger partial charge in [-0.2, -0.15) is 0 Å². The Balaban J connectivity index is 0.00000242. The lowest BCUT2D eigenvalue weighted by Gasteiger charge is -2.22. The Bertz CT molecular complexity index is 491. The normalized spacial score (nSPS) is 18.2. The molecule has 0 bridgehead atoms. The molecule has 1 atom stereocenters. The minimum Gasteiger partial charge on any atom is -0.405 e. The number of rotatable bonds is 4. The zero-order chi connectivity index (χ0) is 15.3. The van der Waals surface area contributed by atoms with Gasteiger partial charge in [-0.25, -0.2) is 0 Å². The molecule has 0 aromatic heterocycles. The van der Waals surface area contributed by atoms with Gasteiger partial charge in [0.2, 0.25) is 5.91 Å². The van der Waals surface area contributed by atoms with Gasteiger partial charge in [-0.3, -0.25) is 4.79 Å². The number of benzene rings is 1. The van der Waals surface area contributed by atoms with E-state index in [9.17, 15) is 18.0 Å². The highest BCUT2D eigenvalue weighted by Crippen LogP contribution is 2.26. The van der Waals surface area contributed by atoms with Crippen molar-refractivity contribution in [2.24, 2.45) is 5.92 Å². The second-order valence-electron chi connectivity index (χ2n) is 4.92. The molecule has 22 heavy (non-hydrogen) atoms. The van der Waals surface area contributed by atoms with Crippen LogP contribution in [0.5, 0.6) is 5.75 Å². The molecule has 2 rings (SSSR count). The van der Waals surface area contributed by atoms with Gasteiger partial charge in [-0.15, -0.1) is 25.6 Å². The number of hydrogen-bond donors (Lipinski definition) is 2. The van der Waals surface area contributed by atoms with E-state index in [0.29, 0.717) is 12.1 Å². The fourth-order valence-corrected chi connectivity index (χ4v) is 2.28. The van der Waals surface area contributed by atoms with Gasteiger partial charge in [-0.05, 0) is 25.5 Å². The van der Waals surface area contributed by atoms with E-state index in [1.54, 1.807) is 6.07 Å². The molecule has 1 heterocycles. The number of alkyl halides is 3. The predicted octanol–water partition coefficient (Wildman–Crippen LogP) is 2.62. The Morgan fingerprint density at radius 2 is 2.09 bits per heavy atom. The zero-order valence-electron chi connectivity index (χ0n) is 11.8. The summed E-state index contributed by atoms with van der Waals surface area (Å²) < 4.78 is 40.8. The molecule has 0 spiro atoms. The summed E-state index contributed by atoms with van der Waals surface area (Å²) in [5, 5.41) is 5.79. The third-order valence-corrected chi connectivity index (χ3v) is 3.32. The van der Waals surface area contributed by atoms with Crippen molar-refractivity contribution < 1.29 is 22.7 Å². The summed E-state index contributed by atoms with van der Waals surface area (Å²) in [6.45, 7) is 1.51. The van der Waals surface area contributed by atoms with Crippen LogP contribution >= 0.6 is 12.4 Å². The number of ether oxygens (including phenoxy) is 1. The van der Waals surface area contributed by atoms with Gasteiger partial charge in [0, 0.05) is 18.7 Å². The van der Waals surface area contributed by atoms with Crippen molar-refractivity contribution in [3.05, 3.63) is 29.8 Å². The minimum atomic E-state index is -4.74. The zero-order valence-corrected chi connectivity index (χ0v) is 12.6. The average Bonchev–Trinajstić information content (AvgIpc) is 2.45. The quantitative estimate of drug-likeness (QED) is 0.887. The second-order valence-corrected chi connectivity index (χ2v) is 4.92. The lowest BCUT2D eigenvalue weighted by molar-refractivity contribution is -0.274. The van der Waals surface area contributed by atoms with Gasteiger partial charge in [0.15, 0.2) is 0 Å². The van der Waals surface area contributed by atoms with Crippen LogP contribution in [0.2, 0.25) is 0 Å². The van der Waals surface area contributed by atoms with Crippen LogP contribution in [0.15, 0.2) is 24.3 Å². The first kappa shape index (κ1) is 18.6. The molecule has 1 aromatic rings.